The molecule has 1 unspecified atom stereocenters. The molecule has 104 valence electrons. The van der Waals surface area contributed by atoms with Crippen molar-refractivity contribution in [3.8, 4) is 0 Å². The molecule has 0 bridgehead atoms. The van der Waals surface area contributed by atoms with Crippen molar-refractivity contribution in [1.82, 2.24) is 15.2 Å². The molecule has 2 aromatic rings. The number of hydrogen-bond acceptors (Lipinski definition) is 5. The summed E-state index contributed by atoms with van der Waals surface area (Å²) in [5, 5.41) is 6.37. The minimum Gasteiger partial charge on any atom is -0.383 e. The van der Waals surface area contributed by atoms with Gasteiger partial charge in [0.25, 0.3) is 0 Å². The van der Waals surface area contributed by atoms with Crippen LogP contribution in [-0.2, 0) is 11.3 Å². The van der Waals surface area contributed by atoms with Gasteiger partial charge in [-0.15, -0.1) is 11.3 Å². The van der Waals surface area contributed by atoms with Gasteiger partial charge in [0.2, 0.25) is 0 Å². The Hall–Kier alpha value is -0.250. The second-order valence-corrected chi connectivity index (χ2v) is 6.48. The first-order valence-electron chi connectivity index (χ1n) is 5.58. The van der Waals surface area contributed by atoms with Gasteiger partial charge < -0.3 is 4.74 Å². The lowest BCUT2D eigenvalue weighted by molar-refractivity contribution is 0.182. The Morgan fingerprint density at radius 2 is 2.32 bits per heavy atom. The highest BCUT2D eigenvalue weighted by molar-refractivity contribution is 9.10. The summed E-state index contributed by atoms with van der Waals surface area (Å²) in [6, 6.07) is 1.89. The molecule has 2 aromatic heterocycles. The summed E-state index contributed by atoms with van der Waals surface area (Å²) >= 11 is 8.71. The number of nitrogens with one attached hydrogen (secondary N) is 1. The predicted molar refractivity (Wildman–Crippen MR) is 83.0 cm³/mol. The Morgan fingerprint density at radius 1 is 1.53 bits per heavy atom. The third kappa shape index (κ3) is 3.26. The number of halogens is 2. The van der Waals surface area contributed by atoms with Gasteiger partial charge in [0, 0.05) is 16.5 Å². The summed E-state index contributed by atoms with van der Waals surface area (Å²) in [4.78, 5) is 1.11. The van der Waals surface area contributed by atoms with Gasteiger partial charge >= 0.3 is 0 Å². The molecular formula is C11H14Br2N4OS. The normalized spacial score (nSPS) is 12.8. The first-order valence-corrected chi connectivity index (χ1v) is 8.04. The molecule has 0 radical (unpaired) electrons. The lowest BCUT2D eigenvalue weighted by atomic mass is 10.2. The summed E-state index contributed by atoms with van der Waals surface area (Å²) in [6.07, 6.45) is 1.77. The van der Waals surface area contributed by atoms with Gasteiger partial charge in [0.15, 0.2) is 0 Å². The van der Waals surface area contributed by atoms with Gasteiger partial charge in [-0.3, -0.25) is 10.5 Å². The van der Waals surface area contributed by atoms with Crippen molar-refractivity contribution in [2.75, 3.05) is 13.7 Å². The van der Waals surface area contributed by atoms with Crippen LogP contribution in [0.4, 0.5) is 0 Å². The van der Waals surface area contributed by atoms with E-state index in [2.05, 4.69) is 42.4 Å². The van der Waals surface area contributed by atoms with Crippen molar-refractivity contribution < 1.29 is 4.74 Å². The second-order valence-electron chi connectivity index (χ2n) is 3.83. The summed E-state index contributed by atoms with van der Waals surface area (Å²) in [6.45, 7) is 1.28. The van der Waals surface area contributed by atoms with Gasteiger partial charge in [-0.1, -0.05) is 0 Å². The molecule has 19 heavy (non-hydrogen) atoms. The molecule has 2 heterocycles. The fraction of sp³-hybridized carbons (Fsp3) is 0.364. The minimum absolute atomic E-state index is 0.122. The van der Waals surface area contributed by atoms with E-state index in [1.54, 1.807) is 24.6 Å². The molecule has 0 fully saturated rings. The summed E-state index contributed by atoms with van der Waals surface area (Å²) in [5.74, 6) is 5.73. The van der Waals surface area contributed by atoms with Crippen molar-refractivity contribution >= 4 is 43.2 Å². The molecule has 2 rings (SSSR count). The number of thiophene rings is 1. The van der Waals surface area contributed by atoms with Gasteiger partial charge in [0.05, 0.1) is 35.6 Å². The van der Waals surface area contributed by atoms with E-state index in [9.17, 15) is 0 Å². The van der Waals surface area contributed by atoms with Crippen LogP contribution in [-0.4, -0.2) is 23.5 Å². The maximum atomic E-state index is 5.73. The van der Waals surface area contributed by atoms with E-state index >= 15 is 0 Å². The maximum absolute atomic E-state index is 5.73. The highest BCUT2D eigenvalue weighted by Gasteiger charge is 2.23. The molecule has 0 aliphatic carbocycles. The SMILES string of the molecule is COCCn1ncc(Br)c1C(NN)c1sccc1Br. The van der Waals surface area contributed by atoms with Crippen LogP contribution in [0.15, 0.2) is 26.6 Å². The third-order valence-electron chi connectivity index (χ3n) is 2.69. The van der Waals surface area contributed by atoms with Crippen LogP contribution in [0.5, 0.6) is 0 Å². The van der Waals surface area contributed by atoms with Crippen molar-refractivity contribution in [2.24, 2.45) is 5.84 Å². The molecule has 0 saturated carbocycles. The molecule has 3 N–H and O–H groups in total. The van der Waals surface area contributed by atoms with Crippen molar-refractivity contribution in [1.29, 1.82) is 0 Å². The monoisotopic (exact) mass is 408 g/mol. The molecule has 0 saturated heterocycles. The Labute approximate surface area is 132 Å². The zero-order valence-electron chi connectivity index (χ0n) is 10.3. The number of ether oxygens (including phenoxy) is 1. The molecule has 0 amide bonds. The van der Waals surface area contributed by atoms with Crippen molar-refractivity contribution in [2.45, 2.75) is 12.6 Å². The second kappa shape index (κ2) is 6.96. The first kappa shape index (κ1) is 15.1. The van der Waals surface area contributed by atoms with Gasteiger partial charge in [0.1, 0.15) is 0 Å². The van der Waals surface area contributed by atoms with Crippen LogP contribution in [0.25, 0.3) is 0 Å². The Morgan fingerprint density at radius 3 is 2.89 bits per heavy atom. The Kier molecular flexibility index (Phi) is 5.55. The average Bonchev–Trinajstić information content (AvgIpc) is 2.97. The van der Waals surface area contributed by atoms with Crippen LogP contribution in [0.3, 0.4) is 0 Å². The lowest BCUT2D eigenvalue weighted by Gasteiger charge is -2.18. The van der Waals surface area contributed by atoms with Crippen molar-refractivity contribution in [3.05, 3.63) is 37.2 Å². The number of methoxy groups -OCH3 is 1. The zero-order valence-corrected chi connectivity index (χ0v) is 14.3. The van der Waals surface area contributed by atoms with Crippen LogP contribution >= 0.6 is 43.2 Å². The number of nitrogens with two attached hydrogens (primary N) is 1. The van der Waals surface area contributed by atoms with E-state index in [4.69, 9.17) is 10.6 Å². The lowest BCUT2D eigenvalue weighted by Crippen LogP contribution is -2.31. The number of rotatable bonds is 6. The minimum atomic E-state index is -0.122. The first-order chi connectivity index (χ1) is 9.19. The molecule has 0 spiro atoms. The Bertz CT molecular complexity index is 543. The standard InChI is InChI=1S/C11H14Br2N4OS/c1-18-4-3-17-10(8(13)6-15-17)9(16-14)11-7(12)2-5-19-11/h2,5-6,9,16H,3-4,14H2,1H3. The molecule has 0 aromatic carbocycles. The fourth-order valence-corrected chi connectivity index (χ4v) is 3.99. The molecule has 8 heteroatoms. The van der Waals surface area contributed by atoms with Crippen LogP contribution in [0.1, 0.15) is 16.6 Å². The summed E-state index contributed by atoms with van der Waals surface area (Å²) < 4.78 is 8.95. The molecule has 5 nitrogen and oxygen atoms in total. The van der Waals surface area contributed by atoms with Crippen LogP contribution in [0, 0.1) is 0 Å². The zero-order chi connectivity index (χ0) is 13.8. The molecular weight excluding hydrogens is 396 g/mol. The van der Waals surface area contributed by atoms with Gasteiger partial charge in [-0.2, -0.15) is 5.10 Å². The quantitative estimate of drug-likeness (QED) is 0.568. The van der Waals surface area contributed by atoms with Gasteiger partial charge in [-0.25, -0.2) is 5.43 Å². The van der Waals surface area contributed by atoms with Gasteiger partial charge in [-0.05, 0) is 43.3 Å². The average molecular weight is 410 g/mol. The van der Waals surface area contributed by atoms with E-state index < -0.39 is 0 Å². The number of hydrogen-bond donors (Lipinski definition) is 2. The van der Waals surface area contributed by atoms with Crippen molar-refractivity contribution in [3.63, 3.8) is 0 Å². The topological polar surface area (TPSA) is 65.1 Å². The number of aromatic nitrogens is 2. The maximum Gasteiger partial charge on any atom is 0.0992 e. The predicted octanol–water partition coefficient (Wildman–Crippen LogP) is 2.67. The number of hydrazine groups is 1. The van der Waals surface area contributed by atoms with E-state index in [0.717, 1.165) is 19.5 Å². The fourth-order valence-electron chi connectivity index (χ4n) is 1.81. The number of nitrogens with zero attached hydrogens (tertiary/aromatic N) is 2. The summed E-state index contributed by atoms with van der Waals surface area (Å²) in [5.41, 5.74) is 3.84. The van der Waals surface area contributed by atoms with Crippen LogP contribution in [0.2, 0.25) is 0 Å². The Balaban J connectivity index is 2.38. The smallest absolute Gasteiger partial charge is 0.0992 e. The highest BCUT2D eigenvalue weighted by atomic mass is 79.9. The molecule has 1 atom stereocenters. The van der Waals surface area contributed by atoms with E-state index in [1.807, 2.05) is 16.1 Å². The van der Waals surface area contributed by atoms with E-state index in [0.29, 0.717) is 13.2 Å². The summed E-state index contributed by atoms with van der Waals surface area (Å²) in [7, 11) is 1.67. The molecule has 0 aliphatic heterocycles. The third-order valence-corrected chi connectivity index (χ3v) is 5.23. The van der Waals surface area contributed by atoms with E-state index in [1.165, 1.54) is 0 Å². The van der Waals surface area contributed by atoms with Crippen LogP contribution < -0.4 is 11.3 Å². The largest absolute Gasteiger partial charge is 0.383 e. The molecule has 0 aliphatic rings. The van der Waals surface area contributed by atoms with E-state index in [-0.39, 0.29) is 6.04 Å². The highest BCUT2D eigenvalue weighted by Crippen LogP contribution is 2.35.